The zero-order chi connectivity index (χ0) is 20.0. The van der Waals surface area contributed by atoms with Gasteiger partial charge >= 0.3 is 0 Å². The van der Waals surface area contributed by atoms with Crippen LogP contribution < -0.4 is 5.43 Å². The van der Waals surface area contributed by atoms with Gasteiger partial charge in [-0.3, -0.25) is 0 Å². The van der Waals surface area contributed by atoms with E-state index in [4.69, 9.17) is 0 Å². The molecule has 2 atom stereocenters. The average Bonchev–Trinajstić information content (AvgIpc) is 3.08. The van der Waals surface area contributed by atoms with Crippen LogP contribution in [0.3, 0.4) is 0 Å². The van der Waals surface area contributed by atoms with Crippen LogP contribution in [0.5, 0.6) is 0 Å². The van der Waals surface area contributed by atoms with E-state index in [2.05, 4.69) is 5.43 Å². The number of aryl methyl sites for hydroxylation is 2. The molecule has 0 amide bonds. The third-order valence-corrected chi connectivity index (χ3v) is 10.4. The van der Waals surface area contributed by atoms with E-state index in [-0.39, 0.29) is 34.3 Å². The lowest BCUT2D eigenvalue weighted by Crippen LogP contribution is -2.54. The summed E-state index contributed by atoms with van der Waals surface area (Å²) in [5.74, 6) is -0.527. The second kappa shape index (κ2) is 7.11. The minimum absolute atomic E-state index is 0.00894. The molecule has 2 fully saturated rings. The largest absolute Gasteiger partial charge is 0.256 e. The van der Waals surface area contributed by atoms with Crippen molar-refractivity contribution in [2.75, 3.05) is 23.0 Å². The third kappa shape index (κ3) is 4.53. The highest BCUT2D eigenvalue weighted by atomic mass is 32.2. The van der Waals surface area contributed by atoms with E-state index in [0.29, 0.717) is 12.0 Å². The average molecular weight is 437 g/mol. The van der Waals surface area contributed by atoms with Crippen LogP contribution in [0.15, 0.2) is 23.1 Å². The summed E-state index contributed by atoms with van der Waals surface area (Å²) >= 11 is 0. The fourth-order valence-electron chi connectivity index (χ4n) is 3.50. The van der Waals surface area contributed by atoms with E-state index >= 15 is 0 Å². The molecule has 0 saturated carbocycles. The molecule has 2 aliphatic heterocycles. The van der Waals surface area contributed by atoms with Crippen LogP contribution in [-0.2, 0) is 29.7 Å². The highest BCUT2D eigenvalue weighted by Gasteiger charge is 2.42. The van der Waals surface area contributed by atoms with Gasteiger partial charge < -0.3 is 0 Å². The lowest BCUT2D eigenvalue weighted by Gasteiger charge is -2.31. The molecule has 1 N–H and O–H groups in total. The Labute approximate surface area is 160 Å². The zero-order valence-corrected chi connectivity index (χ0v) is 17.7. The van der Waals surface area contributed by atoms with Crippen LogP contribution in [0.4, 0.5) is 0 Å². The van der Waals surface area contributed by atoms with E-state index in [0.717, 1.165) is 9.98 Å². The van der Waals surface area contributed by atoms with Crippen LogP contribution in [0, 0.1) is 13.8 Å². The monoisotopic (exact) mass is 436 g/mol. The summed E-state index contributed by atoms with van der Waals surface area (Å²) in [4.78, 5) is 0.0974. The van der Waals surface area contributed by atoms with E-state index in [1.54, 1.807) is 32.0 Å². The summed E-state index contributed by atoms with van der Waals surface area (Å²) < 4.78 is 75.1. The number of rotatable bonds is 5. The van der Waals surface area contributed by atoms with Crippen LogP contribution in [0.25, 0.3) is 0 Å². The molecule has 1 aromatic rings. The van der Waals surface area contributed by atoms with Crippen molar-refractivity contribution in [3.8, 4) is 0 Å². The summed E-state index contributed by atoms with van der Waals surface area (Å²) in [5, 5.41) is 0. The number of hydrazine groups is 1. The van der Waals surface area contributed by atoms with Gasteiger partial charge in [0.2, 0.25) is 0 Å². The minimum Gasteiger partial charge on any atom is -0.237 e. The lowest BCUT2D eigenvalue weighted by atomic mass is 10.2. The summed E-state index contributed by atoms with van der Waals surface area (Å²) in [6.07, 6.45) is 0.472. The maximum absolute atomic E-state index is 13.4. The Bertz CT molecular complexity index is 1050. The van der Waals surface area contributed by atoms with Gasteiger partial charge in [-0.25, -0.2) is 30.7 Å². The maximum Gasteiger partial charge on any atom is 0.256 e. The van der Waals surface area contributed by atoms with Gasteiger partial charge in [0.05, 0.1) is 33.9 Å². The van der Waals surface area contributed by atoms with E-state index in [1.807, 2.05) is 0 Å². The Morgan fingerprint density at radius 1 is 1.00 bits per heavy atom. The van der Waals surface area contributed by atoms with Crippen molar-refractivity contribution in [3.05, 3.63) is 29.3 Å². The van der Waals surface area contributed by atoms with Crippen molar-refractivity contribution in [3.63, 3.8) is 0 Å². The van der Waals surface area contributed by atoms with Gasteiger partial charge in [-0.15, -0.1) is 4.41 Å². The number of hydrogen-bond donors (Lipinski definition) is 1. The third-order valence-electron chi connectivity index (χ3n) is 4.96. The number of nitrogens with zero attached hydrogens (tertiary/aromatic N) is 1. The van der Waals surface area contributed by atoms with Crippen molar-refractivity contribution in [1.82, 2.24) is 9.84 Å². The normalized spacial score (nSPS) is 27.2. The van der Waals surface area contributed by atoms with Gasteiger partial charge in [-0.1, -0.05) is 12.1 Å². The fraction of sp³-hybridized carbons (Fsp3) is 0.625. The van der Waals surface area contributed by atoms with E-state index in [1.165, 1.54) is 0 Å². The molecule has 152 valence electrons. The standard InChI is InChI=1S/C16H24N2O6S3/c1-12-3-4-13(2)16(9-12)27(23,24)18(15-6-8-26(21,22)11-15)17-14-5-7-25(19,20)10-14/h3-4,9,14-15,17H,5-8,10-11H2,1-2H3/t14-,15+/m1/s1. The summed E-state index contributed by atoms with van der Waals surface area (Å²) in [5.41, 5.74) is 4.15. The quantitative estimate of drug-likeness (QED) is 0.654. The van der Waals surface area contributed by atoms with E-state index < -0.39 is 41.8 Å². The molecule has 0 radical (unpaired) electrons. The molecule has 27 heavy (non-hydrogen) atoms. The molecule has 0 aromatic heterocycles. The Morgan fingerprint density at radius 3 is 2.19 bits per heavy atom. The first kappa shape index (κ1) is 20.7. The first-order valence-electron chi connectivity index (χ1n) is 8.68. The van der Waals surface area contributed by atoms with Crippen molar-refractivity contribution in [2.24, 2.45) is 0 Å². The predicted molar refractivity (Wildman–Crippen MR) is 102 cm³/mol. The van der Waals surface area contributed by atoms with E-state index in [9.17, 15) is 25.3 Å². The summed E-state index contributed by atoms with van der Waals surface area (Å²) in [6, 6.07) is 3.73. The molecular weight excluding hydrogens is 412 g/mol. The molecule has 8 nitrogen and oxygen atoms in total. The van der Waals surface area contributed by atoms with Gasteiger partial charge in [0.25, 0.3) is 10.0 Å². The van der Waals surface area contributed by atoms with Crippen molar-refractivity contribution in [2.45, 2.75) is 43.7 Å². The molecule has 0 spiro atoms. The van der Waals surface area contributed by atoms with Gasteiger partial charge in [-0.05, 0) is 43.9 Å². The number of sulfone groups is 2. The topological polar surface area (TPSA) is 118 Å². The molecule has 2 heterocycles. The molecule has 1 aromatic carbocycles. The Kier molecular flexibility index (Phi) is 5.45. The number of benzene rings is 1. The van der Waals surface area contributed by atoms with Crippen LogP contribution in [0.1, 0.15) is 24.0 Å². The maximum atomic E-state index is 13.4. The Hall–Kier alpha value is -1.01. The van der Waals surface area contributed by atoms with Crippen molar-refractivity contribution >= 4 is 29.7 Å². The highest BCUT2D eigenvalue weighted by Crippen LogP contribution is 2.27. The van der Waals surface area contributed by atoms with Crippen LogP contribution in [0.2, 0.25) is 0 Å². The van der Waals surface area contributed by atoms with Crippen LogP contribution in [-0.4, -0.2) is 64.8 Å². The minimum atomic E-state index is -4.05. The molecule has 2 saturated heterocycles. The molecule has 0 bridgehead atoms. The number of hydrogen-bond acceptors (Lipinski definition) is 7. The molecule has 11 heteroatoms. The smallest absolute Gasteiger partial charge is 0.237 e. The lowest BCUT2D eigenvalue weighted by molar-refractivity contribution is 0.229. The van der Waals surface area contributed by atoms with Gasteiger partial charge in [0.1, 0.15) is 0 Å². The first-order chi connectivity index (χ1) is 12.4. The first-order valence-corrected chi connectivity index (χ1v) is 13.8. The Morgan fingerprint density at radius 2 is 1.63 bits per heavy atom. The summed E-state index contributed by atoms with van der Waals surface area (Å²) in [7, 11) is -10.6. The van der Waals surface area contributed by atoms with Crippen molar-refractivity contribution in [1.29, 1.82) is 0 Å². The van der Waals surface area contributed by atoms with Crippen LogP contribution >= 0.6 is 0 Å². The molecule has 0 aliphatic carbocycles. The Balaban J connectivity index is 1.99. The number of nitrogens with one attached hydrogen (secondary N) is 1. The zero-order valence-electron chi connectivity index (χ0n) is 15.3. The van der Waals surface area contributed by atoms with Gasteiger partial charge in [-0.2, -0.15) is 0 Å². The van der Waals surface area contributed by atoms with Gasteiger partial charge in [0.15, 0.2) is 19.7 Å². The van der Waals surface area contributed by atoms with Gasteiger partial charge in [0, 0.05) is 6.04 Å². The predicted octanol–water partition coefficient (Wildman–Crippen LogP) is 0.173. The second-order valence-corrected chi connectivity index (χ2v) is 13.6. The number of sulfonamides is 1. The fourth-order valence-corrected chi connectivity index (χ4v) is 8.84. The second-order valence-electron chi connectivity index (χ2n) is 7.36. The van der Waals surface area contributed by atoms with Crippen molar-refractivity contribution < 1.29 is 25.3 Å². The molecule has 2 aliphatic rings. The highest BCUT2D eigenvalue weighted by molar-refractivity contribution is 7.92. The molecule has 3 rings (SSSR count). The molecule has 0 unspecified atom stereocenters. The SMILES string of the molecule is Cc1ccc(C)c(S(=O)(=O)N(N[C@@H]2CCS(=O)(=O)C2)[C@H]2CCS(=O)(=O)C2)c1. The summed E-state index contributed by atoms with van der Waals surface area (Å²) in [6.45, 7) is 3.45. The molecular formula is C16H24N2O6S3.